The Balaban J connectivity index is 2.32. The van der Waals surface area contributed by atoms with Crippen molar-refractivity contribution in [3.05, 3.63) is 35.4 Å². The minimum absolute atomic E-state index is 0.226. The monoisotopic (exact) mass is 219 g/mol. The fourth-order valence-corrected chi connectivity index (χ4v) is 1.23. The van der Waals surface area contributed by atoms with E-state index >= 15 is 0 Å². The number of carbonyl (C=O) groups excluding carboxylic acids is 1. The van der Waals surface area contributed by atoms with Crippen molar-refractivity contribution in [1.82, 2.24) is 5.32 Å². The van der Waals surface area contributed by atoms with E-state index in [9.17, 15) is 4.79 Å². The molecule has 0 saturated heterocycles. The molecule has 0 aromatic heterocycles. The molecule has 1 aromatic carbocycles. The summed E-state index contributed by atoms with van der Waals surface area (Å²) in [7, 11) is 0. The van der Waals surface area contributed by atoms with Crippen LogP contribution in [0.1, 0.15) is 11.1 Å². The van der Waals surface area contributed by atoms with Crippen molar-refractivity contribution in [2.45, 2.75) is 6.54 Å². The molecular weight excluding hydrogens is 206 g/mol. The van der Waals surface area contributed by atoms with Gasteiger partial charge in [-0.1, -0.05) is 18.2 Å². The van der Waals surface area contributed by atoms with Crippen LogP contribution in [0.4, 0.5) is 4.79 Å². The molecule has 0 spiro atoms. The quantitative estimate of drug-likeness (QED) is 0.715. The molecule has 5 nitrogen and oxygen atoms in total. The Kier molecular flexibility index (Phi) is 4.83. The van der Waals surface area contributed by atoms with Crippen LogP contribution in [0.3, 0.4) is 0 Å². The van der Waals surface area contributed by atoms with Crippen molar-refractivity contribution >= 4 is 6.09 Å². The zero-order chi connectivity index (χ0) is 11.8. The van der Waals surface area contributed by atoms with Gasteiger partial charge in [-0.05, 0) is 11.6 Å². The van der Waals surface area contributed by atoms with Crippen molar-refractivity contribution in [3.63, 3.8) is 0 Å². The van der Waals surface area contributed by atoms with Crippen LogP contribution in [0, 0.1) is 11.3 Å². The van der Waals surface area contributed by atoms with Gasteiger partial charge in [0.2, 0.25) is 0 Å². The second-order valence-corrected chi connectivity index (χ2v) is 3.11. The maximum Gasteiger partial charge on any atom is 0.404 e. The number of hydrogen-bond donors (Lipinski definition) is 2. The van der Waals surface area contributed by atoms with Crippen LogP contribution >= 0.6 is 0 Å². The standard InChI is InChI=1S/C11H13N3O2/c12-7-9-3-1-2-4-10(9)8-14-5-6-16-11(13)15/h1-4,14H,5-6,8H2,(H2,13,15). The number of benzene rings is 1. The van der Waals surface area contributed by atoms with Gasteiger partial charge >= 0.3 is 6.09 Å². The molecule has 3 N–H and O–H groups in total. The number of primary amides is 1. The van der Waals surface area contributed by atoms with Crippen LogP contribution in [0.15, 0.2) is 24.3 Å². The molecule has 0 unspecified atom stereocenters. The van der Waals surface area contributed by atoms with Gasteiger partial charge in [0.1, 0.15) is 6.61 Å². The summed E-state index contributed by atoms with van der Waals surface area (Å²) in [6.45, 7) is 1.29. The highest BCUT2D eigenvalue weighted by molar-refractivity contribution is 5.64. The SMILES string of the molecule is N#Cc1ccccc1CNCCOC(N)=O. The van der Waals surface area contributed by atoms with E-state index in [1.165, 1.54) is 0 Å². The van der Waals surface area contributed by atoms with Gasteiger partial charge in [0.05, 0.1) is 11.6 Å². The molecule has 0 aliphatic carbocycles. The van der Waals surface area contributed by atoms with Gasteiger partial charge < -0.3 is 15.8 Å². The molecule has 0 aliphatic heterocycles. The second kappa shape index (κ2) is 6.43. The zero-order valence-electron chi connectivity index (χ0n) is 8.77. The summed E-state index contributed by atoms with van der Waals surface area (Å²) in [5.41, 5.74) is 6.36. The van der Waals surface area contributed by atoms with Gasteiger partial charge in [-0.15, -0.1) is 0 Å². The third-order valence-corrected chi connectivity index (χ3v) is 1.98. The Morgan fingerprint density at radius 2 is 2.25 bits per heavy atom. The lowest BCUT2D eigenvalue weighted by molar-refractivity contribution is 0.157. The van der Waals surface area contributed by atoms with E-state index < -0.39 is 6.09 Å². The highest BCUT2D eigenvalue weighted by atomic mass is 16.5. The lowest BCUT2D eigenvalue weighted by atomic mass is 10.1. The first-order valence-electron chi connectivity index (χ1n) is 4.85. The van der Waals surface area contributed by atoms with Crippen LogP contribution in [-0.4, -0.2) is 19.2 Å². The molecule has 0 saturated carbocycles. The first-order valence-corrected chi connectivity index (χ1v) is 4.85. The van der Waals surface area contributed by atoms with Crippen LogP contribution in [0.25, 0.3) is 0 Å². The molecule has 0 bridgehead atoms. The predicted octanol–water partition coefficient (Wildman–Crippen LogP) is 0.743. The Morgan fingerprint density at radius 3 is 2.94 bits per heavy atom. The fourth-order valence-electron chi connectivity index (χ4n) is 1.23. The van der Waals surface area contributed by atoms with Crippen LogP contribution in [0.2, 0.25) is 0 Å². The number of nitriles is 1. The number of nitrogens with zero attached hydrogens (tertiary/aromatic N) is 1. The molecule has 1 rings (SSSR count). The fraction of sp³-hybridized carbons (Fsp3) is 0.273. The smallest absolute Gasteiger partial charge is 0.404 e. The first kappa shape index (κ1) is 12.0. The zero-order valence-corrected chi connectivity index (χ0v) is 8.77. The predicted molar refractivity (Wildman–Crippen MR) is 58.4 cm³/mol. The molecule has 1 amide bonds. The van der Waals surface area contributed by atoms with Gasteiger partial charge in [-0.3, -0.25) is 0 Å². The van der Waals surface area contributed by atoms with Crippen molar-refractivity contribution in [2.75, 3.05) is 13.2 Å². The number of ether oxygens (including phenoxy) is 1. The Labute approximate surface area is 93.8 Å². The van der Waals surface area contributed by atoms with E-state index in [0.29, 0.717) is 18.7 Å². The Bertz CT molecular complexity index is 398. The number of amides is 1. The number of carbonyl (C=O) groups is 1. The first-order chi connectivity index (χ1) is 7.74. The minimum Gasteiger partial charge on any atom is -0.448 e. The molecule has 0 heterocycles. The third-order valence-electron chi connectivity index (χ3n) is 1.98. The minimum atomic E-state index is -0.778. The summed E-state index contributed by atoms with van der Waals surface area (Å²) in [6, 6.07) is 9.44. The van der Waals surface area contributed by atoms with E-state index in [-0.39, 0.29) is 6.61 Å². The summed E-state index contributed by atoms with van der Waals surface area (Å²) in [6.07, 6.45) is -0.778. The maximum absolute atomic E-state index is 10.3. The lowest BCUT2D eigenvalue weighted by Gasteiger charge is -2.06. The van der Waals surface area contributed by atoms with Crippen molar-refractivity contribution in [1.29, 1.82) is 5.26 Å². The third kappa shape index (κ3) is 3.98. The topological polar surface area (TPSA) is 88.1 Å². The van der Waals surface area contributed by atoms with E-state index in [1.807, 2.05) is 18.2 Å². The van der Waals surface area contributed by atoms with Gasteiger partial charge in [0.25, 0.3) is 0 Å². The van der Waals surface area contributed by atoms with Crippen LogP contribution in [0.5, 0.6) is 0 Å². The normalized spacial score (nSPS) is 9.44. The molecular formula is C11H13N3O2. The highest BCUT2D eigenvalue weighted by Gasteiger charge is 1.99. The van der Waals surface area contributed by atoms with Crippen LogP contribution in [-0.2, 0) is 11.3 Å². The number of rotatable bonds is 5. The summed E-state index contributed by atoms with van der Waals surface area (Å²) in [5, 5.41) is 11.9. The summed E-state index contributed by atoms with van der Waals surface area (Å²) < 4.78 is 4.55. The lowest BCUT2D eigenvalue weighted by Crippen LogP contribution is -2.23. The molecule has 0 atom stereocenters. The molecule has 84 valence electrons. The van der Waals surface area contributed by atoms with Gasteiger partial charge in [-0.2, -0.15) is 5.26 Å². The van der Waals surface area contributed by atoms with Crippen LogP contribution < -0.4 is 11.1 Å². The average Bonchev–Trinajstić information content (AvgIpc) is 2.29. The van der Waals surface area contributed by atoms with E-state index in [0.717, 1.165) is 5.56 Å². The second-order valence-electron chi connectivity index (χ2n) is 3.11. The van der Waals surface area contributed by atoms with E-state index in [2.05, 4.69) is 16.1 Å². The largest absolute Gasteiger partial charge is 0.448 e. The summed E-state index contributed by atoms with van der Waals surface area (Å²) >= 11 is 0. The maximum atomic E-state index is 10.3. The molecule has 5 heteroatoms. The number of nitrogens with one attached hydrogen (secondary N) is 1. The van der Waals surface area contributed by atoms with E-state index in [4.69, 9.17) is 11.0 Å². The van der Waals surface area contributed by atoms with Crippen molar-refractivity contribution in [3.8, 4) is 6.07 Å². The molecule has 0 fully saturated rings. The van der Waals surface area contributed by atoms with Gasteiger partial charge in [0, 0.05) is 13.1 Å². The molecule has 1 aromatic rings. The van der Waals surface area contributed by atoms with Crippen molar-refractivity contribution < 1.29 is 9.53 Å². The average molecular weight is 219 g/mol. The van der Waals surface area contributed by atoms with Gasteiger partial charge in [0.15, 0.2) is 0 Å². The Hall–Kier alpha value is -2.06. The number of nitrogens with two attached hydrogens (primary N) is 1. The van der Waals surface area contributed by atoms with Gasteiger partial charge in [-0.25, -0.2) is 4.79 Å². The molecule has 0 radical (unpaired) electrons. The molecule has 0 aliphatic rings. The summed E-state index contributed by atoms with van der Waals surface area (Å²) in [5.74, 6) is 0. The van der Waals surface area contributed by atoms with E-state index in [1.54, 1.807) is 6.07 Å². The highest BCUT2D eigenvalue weighted by Crippen LogP contribution is 2.06. The number of hydrogen-bond acceptors (Lipinski definition) is 4. The summed E-state index contributed by atoms with van der Waals surface area (Å²) in [4.78, 5) is 10.3. The molecule has 16 heavy (non-hydrogen) atoms. The van der Waals surface area contributed by atoms with Crippen molar-refractivity contribution in [2.24, 2.45) is 5.73 Å². The Morgan fingerprint density at radius 1 is 1.50 bits per heavy atom.